The van der Waals surface area contributed by atoms with Crippen molar-refractivity contribution < 1.29 is 0 Å². The van der Waals surface area contributed by atoms with Gasteiger partial charge in [-0.2, -0.15) is 10.4 Å². The molecule has 0 radical (unpaired) electrons. The van der Waals surface area contributed by atoms with Crippen LogP contribution in [0.4, 0.5) is 5.82 Å². The van der Waals surface area contributed by atoms with Gasteiger partial charge in [0.25, 0.3) is 0 Å². The van der Waals surface area contributed by atoms with Crippen LogP contribution in [0.25, 0.3) is 0 Å². The quantitative estimate of drug-likeness (QED) is 0.751. The van der Waals surface area contributed by atoms with E-state index in [1.54, 1.807) is 12.1 Å². The van der Waals surface area contributed by atoms with Gasteiger partial charge in [-0.1, -0.05) is 23.7 Å². The Labute approximate surface area is 121 Å². The lowest BCUT2D eigenvalue weighted by molar-refractivity contribution is 0.922. The number of benzene rings is 1. The molecule has 6 heteroatoms. The first-order valence-corrected chi connectivity index (χ1v) is 6.46. The largest absolute Gasteiger partial charge is 0.384 e. The van der Waals surface area contributed by atoms with E-state index in [1.165, 1.54) is 0 Å². The van der Waals surface area contributed by atoms with E-state index in [4.69, 9.17) is 17.3 Å². The SMILES string of the molecule is Cc1[nH]nc2c1C(c1ccc(Cl)cc1)C(C#N)=C(N)N2. The molecule has 0 fully saturated rings. The van der Waals surface area contributed by atoms with Gasteiger partial charge in [0, 0.05) is 16.3 Å². The molecule has 0 saturated carbocycles. The molecule has 5 nitrogen and oxygen atoms in total. The molecule has 1 aliphatic rings. The number of rotatable bonds is 1. The summed E-state index contributed by atoms with van der Waals surface area (Å²) < 4.78 is 0. The number of nitrogens with one attached hydrogen (secondary N) is 2. The van der Waals surface area contributed by atoms with Crippen molar-refractivity contribution in [2.75, 3.05) is 5.32 Å². The lowest BCUT2D eigenvalue weighted by Crippen LogP contribution is -2.23. The van der Waals surface area contributed by atoms with E-state index in [0.717, 1.165) is 16.8 Å². The molecule has 2 aromatic rings. The second-order valence-corrected chi connectivity index (χ2v) is 5.10. The predicted octanol–water partition coefficient (Wildman–Crippen LogP) is 2.62. The molecule has 0 spiro atoms. The van der Waals surface area contributed by atoms with Crippen molar-refractivity contribution >= 4 is 17.4 Å². The molecule has 0 saturated heterocycles. The number of allylic oxidation sites excluding steroid dienone is 1. The molecule has 1 unspecified atom stereocenters. The first kappa shape index (κ1) is 12.6. The first-order valence-electron chi connectivity index (χ1n) is 6.09. The molecule has 1 aromatic carbocycles. The maximum absolute atomic E-state index is 9.42. The molecule has 1 aromatic heterocycles. The zero-order valence-corrected chi connectivity index (χ0v) is 11.5. The maximum Gasteiger partial charge on any atom is 0.157 e. The number of halogens is 1. The molecule has 4 N–H and O–H groups in total. The van der Waals surface area contributed by atoms with Crippen molar-refractivity contribution in [3.05, 3.63) is 57.5 Å². The third-order valence-corrected chi connectivity index (χ3v) is 3.69. The lowest BCUT2D eigenvalue weighted by Gasteiger charge is -2.24. The smallest absolute Gasteiger partial charge is 0.157 e. The van der Waals surface area contributed by atoms with Gasteiger partial charge in [0.1, 0.15) is 5.82 Å². The van der Waals surface area contributed by atoms with Crippen molar-refractivity contribution in [2.24, 2.45) is 5.73 Å². The summed E-state index contributed by atoms with van der Waals surface area (Å²) in [5.74, 6) is 0.776. The molecule has 0 aliphatic carbocycles. The standard InChI is InChI=1S/C14H12ClN5/c1-7-11-12(8-2-4-9(15)5-3-8)10(6-16)13(17)18-14(11)20-19-7/h2-5,12H,17H2,1H3,(H2,18,19,20). The van der Waals surface area contributed by atoms with E-state index in [-0.39, 0.29) is 5.92 Å². The van der Waals surface area contributed by atoms with Crippen LogP contribution in [-0.4, -0.2) is 10.2 Å². The second kappa shape index (κ2) is 4.58. The van der Waals surface area contributed by atoms with Crippen molar-refractivity contribution in [1.29, 1.82) is 5.26 Å². The second-order valence-electron chi connectivity index (χ2n) is 4.66. The third kappa shape index (κ3) is 1.82. The Morgan fingerprint density at radius 3 is 2.70 bits per heavy atom. The zero-order chi connectivity index (χ0) is 14.3. The van der Waals surface area contributed by atoms with Crippen molar-refractivity contribution in [3.63, 3.8) is 0 Å². The van der Waals surface area contributed by atoms with Gasteiger partial charge in [-0.05, 0) is 24.6 Å². The number of anilines is 1. The molecule has 0 amide bonds. The van der Waals surface area contributed by atoms with E-state index < -0.39 is 0 Å². The van der Waals surface area contributed by atoms with E-state index in [9.17, 15) is 5.26 Å². The highest BCUT2D eigenvalue weighted by Crippen LogP contribution is 2.41. The summed E-state index contributed by atoms with van der Waals surface area (Å²) >= 11 is 5.93. The number of aryl methyl sites for hydroxylation is 1. The van der Waals surface area contributed by atoms with Crippen LogP contribution in [0.3, 0.4) is 0 Å². The van der Waals surface area contributed by atoms with Gasteiger partial charge in [0.05, 0.1) is 17.6 Å². The molecule has 1 atom stereocenters. The summed E-state index contributed by atoms with van der Waals surface area (Å²) in [5, 5.41) is 20.1. The molecular weight excluding hydrogens is 274 g/mol. The number of hydrogen-bond acceptors (Lipinski definition) is 4. The zero-order valence-electron chi connectivity index (χ0n) is 10.7. The van der Waals surface area contributed by atoms with Gasteiger partial charge in [-0.25, -0.2) is 0 Å². The summed E-state index contributed by atoms with van der Waals surface area (Å²) in [6.07, 6.45) is 0. The first-order chi connectivity index (χ1) is 9.61. The minimum atomic E-state index is -0.229. The molecule has 100 valence electrons. The van der Waals surface area contributed by atoms with Crippen molar-refractivity contribution in [2.45, 2.75) is 12.8 Å². The van der Waals surface area contributed by atoms with Crippen LogP contribution in [0, 0.1) is 18.3 Å². The average Bonchev–Trinajstić information content (AvgIpc) is 2.79. The Morgan fingerprint density at radius 1 is 1.35 bits per heavy atom. The lowest BCUT2D eigenvalue weighted by atomic mass is 9.83. The van der Waals surface area contributed by atoms with Gasteiger partial charge >= 0.3 is 0 Å². The Bertz CT molecular complexity index is 736. The Hall–Kier alpha value is -2.45. The summed E-state index contributed by atoms with van der Waals surface area (Å²) in [4.78, 5) is 0. The van der Waals surface area contributed by atoms with Gasteiger partial charge in [0.15, 0.2) is 5.82 Å². The van der Waals surface area contributed by atoms with E-state index >= 15 is 0 Å². The van der Waals surface area contributed by atoms with Crippen LogP contribution in [0.5, 0.6) is 0 Å². The number of nitrogens with zero attached hydrogens (tertiary/aromatic N) is 2. The number of H-pyrrole nitrogens is 1. The number of nitrogens with two attached hydrogens (primary N) is 1. The fourth-order valence-corrected chi connectivity index (χ4v) is 2.62. The number of fused-ring (bicyclic) bond motifs is 1. The fraction of sp³-hybridized carbons (Fsp3) is 0.143. The van der Waals surface area contributed by atoms with Crippen molar-refractivity contribution in [1.82, 2.24) is 10.2 Å². The molecule has 20 heavy (non-hydrogen) atoms. The van der Waals surface area contributed by atoms with Crippen LogP contribution in [-0.2, 0) is 0 Å². The predicted molar refractivity (Wildman–Crippen MR) is 77.1 cm³/mol. The fourth-order valence-electron chi connectivity index (χ4n) is 2.49. The van der Waals surface area contributed by atoms with Gasteiger partial charge in [-0.15, -0.1) is 0 Å². The van der Waals surface area contributed by atoms with Crippen LogP contribution >= 0.6 is 11.6 Å². The Kier molecular flexibility index (Phi) is 2.88. The highest BCUT2D eigenvalue weighted by Gasteiger charge is 2.32. The third-order valence-electron chi connectivity index (χ3n) is 3.44. The van der Waals surface area contributed by atoms with Crippen LogP contribution in [0.1, 0.15) is 22.7 Å². The number of hydrogen-bond donors (Lipinski definition) is 3. The van der Waals surface area contributed by atoms with E-state index in [1.807, 2.05) is 19.1 Å². The monoisotopic (exact) mass is 285 g/mol. The highest BCUT2D eigenvalue weighted by atomic mass is 35.5. The summed E-state index contributed by atoms with van der Waals surface area (Å²) in [6.45, 7) is 1.92. The average molecular weight is 286 g/mol. The van der Waals surface area contributed by atoms with Crippen LogP contribution < -0.4 is 11.1 Å². The van der Waals surface area contributed by atoms with E-state index in [2.05, 4.69) is 21.6 Å². The number of nitriles is 1. The molecule has 0 bridgehead atoms. The number of aromatic nitrogens is 2. The van der Waals surface area contributed by atoms with E-state index in [0.29, 0.717) is 22.2 Å². The number of aromatic amines is 1. The van der Waals surface area contributed by atoms with Gasteiger partial charge < -0.3 is 11.1 Å². The molecule has 2 heterocycles. The molecule has 1 aliphatic heterocycles. The summed E-state index contributed by atoms with van der Waals surface area (Å²) in [6, 6.07) is 9.61. The van der Waals surface area contributed by atoms with Gasteiger partial charge in [-0.3, -0.25) is 5.10 Å². The maximum atomic E-state index is 9.42. The minimum Gasteiger partial charge on any atom is -0.384 e. The molecule has 3 rings (SSSR count). The normalized spacial score (nSPS) is 17.4. The highest BCUT2D eigenvalue weighted by molar-refractivity contribution is 6.30. The van der Waals surface area contributed by atoms with Crippen LogP contribution in [0.2, 0.25) is 5.02 Å². The minimum absolute atomic E-state index is 0.229. The Morgan fingerprint density at radius 2 is 2.05 bits per heavy atom. The summed E-state index contributed by atoms with van der Waals surface area (Å²) in [5.41, 5.74) is 9.24. The summed E-state index contributed by atoms with van der Waals surface area (Å²) in [7, 11) is 0. The van der Waals surface area contributed by atoms with Crippen LogP contribution in [0.15, 0.2) is 35.7 Å². The van der Waals surface area contributed by atoms with Crippen molar-refractivity contribution in [3.8, 4) is 6.07 Å². The Balaban J connectivity index is 2.22. The van der Waals surface area contributed by atoms with Gasteiger partial charge in [0.2, 0.25) is 0 Å². The topological polar surface area (TPSA) is 90.5 Å². The molecular formula is C14H12ClN5.